The summed E-state index contributed by atoms with van der Waals surface area (Å²) in [6.07, 6.45) is 5.64. The third-order valence-electron chi connectivity index (χ3n) is 5.12. The molecule has 1 aliphatic carbocycles. The number of anilines is 3. The second kappa shape index (κ2) is 8.91. The van der Waals surface area contributed by atoms with E-state index in [0.717, 1.165) is 37.2 Å². The van der Waals surface area contributed by atoms with Crippen molar-refractivity contribution in [2.45, 2.75) is 37.8 Å². The lowest BCUT2D eigenvalue weighted by atomic mass is 9.91. The van der Waals surface area contributed by atoms with Crippen molar-refractivity contribution in [3.8, 4) is 0 Å². The molecule has 2 aromatic rings. The minimum absolute atomic E-state index is 0.00197. The number of amides is 1. The summed E-state index contributed by atoms with van der Waals surface area (Å²) in [4.78, 5) is 25.4. The smallest absolute Gasteiger partial charge is 0.251 e. The van der Waals surface area contributed by atoms with E-state index >= 15 is 0 Å². The minimum Gasteiger partial charge on any atom is -0.378 e. The van der Waals surface area contributed by atoms with Gasteiger partial charge in [0.15, 0.2) is 0 Å². The lowest BCUT2D eigenvalue weighted by Gasteiger charge is -2.30. The Kier molecular flexibility index (Phi) is 6.34. The lowest BCUT2D eigenvalue weighted by Crippen LogP contribution is -2.40. The number of carbonyl (C=O) groups is 1. The molecule has 150 valence electrons. The molecular weight excluding hydrogens is 352 g/mol. The maximum absolute atomic E-state index is 12.6. The van der Waals surface area contributed by atoms with E-state index in [-0.39, 0.29) is 11.9 Å². The van der Waals surface area contributed by atoms with Gasteiger partial charge >= 0.3 is 0 Å². The van der Waals surface area contributed by atoms with Crippen molar-refractivity contribution in [3.05, 3.63) is 42.1 Å². The number of benzene rings is 1. The van der Waals surface area contributed by atoms with Gasteiger partial charge < -0.3 is 20.4 Å². The van der Waals surface area contributed by atoms with E-state index in [9.17, 15) is 4.79 Å². The summed E-state index contributed by atoms with van der Waals surface area (Å²) in [6.45, 7) is 0. The standard InChI is InChI=1S/C21H30N6O/c1-26(2)18-7-5-6-15(14-18)20(28)23-16-8-10-17(11-9-16)24-21-22-13-12-19(25-21)27(3)4/h5-7,12-14,16-17H,8-11H2,1-4H3,(H,23,28)(H,22,24,25)/t16-,17+. The Hall–Kier alpha value is -2.83. The van der Waals surface area contributed by atoms with Crippen LogP contribution in [0.25, 0.3) is 0 Å². The summed E-state index contributed by atoms with van der Waals surface area (Å²) in [5, 5.41) is 6.62. The zero-order valence-electron chi connectivity index (χ0n) is 17.1. The van der Waals surface area contributed by atoms with E-state index in [2.05, 4.69) is 20.6 Å². The summed E-state index contributed by atoms with van der Waals surface area (Å²) >= 11 is 0. The van der Waals surface area contributed by atoms with Gasteiger partial charge in [-0.15, -0.1) is 0 Å². The van der Waals surface area contributed by atoms with Gasteiger partial charge in [-0.2, -0.15) is 4.98 Å². The van der Waals surface area contributed by atoms with E-state index in [0.29, 0.717) is 17.6 Å². The van der Waals surface area contributed by atoms with Crippen LogP contribution in [-0.2, 0) is 0 Å². The van der Waals surface area contributed by atoms with E-state index < -0.39 is 0 Å². The van der Waals surface area contributed by atoms with Crippen molar-refractivity contribution in [1.82, 2.24) is 15.3 Å². The largest absolute Gasteiger partial charge is 0.378 e. The molecule has 1 amide bonds. The van der Waals surface area contributed by atoms with E-state index in [1.807, 2.05) is 68.3 Å². The molecule has 0 saturated heterocycles. The average Bonchev–Trinajstić information content (AvgIpc) is 2.69. The van der Waals surface area contributed by atoms with Crippen LogP contribution in [0.5, 0.6) is 0 Å². The van der Waals surface area contributed by atoms with Crippen LogP contribution < -0.4 is 20.4 Å². The first-order valence-corrected chi connectivity index (χ1v) is 9.77. The summed E-state index contributed by atoms with van der Waals surface area (Å²) in [5.74, 6) is 1.56. The van der Waals surface area contributed by atoms with Crippen LogP contribution in [0, 0.1) is 0 Å². The highest BCUT2D eigenvalue weighted by atomic mass is 16.1. The summed E-state index contributed by atoms with van der Waals surface area (Å²) in [6, 6.07) is 10.2. The van der Waals surface area contributed by atoms with Crippen LogP contribution >= 0.6 is 0 Å². The first-order valence-electron chi connectivity index (χ1n) is 9.77. The second-order valence-corrected chi connectivity index (χ2v) is 7.74. The molecule has 0 radical (unpaired) electrons. The fourth-order valence-corrected chi connectivity index (χ4v) is 3.43. The Bertz CT molecular complexity index is 799. The van der Waals surface area contributed by atoms with Gasteiger partial charge in [0, 0.05) is 57.7 Å². The Morgan fingerprint density at radius 1 is 1.00 bits per heavy atom. The Morgan fingerprint density at radius 3 is 2.39 bits per heavy atom. The molecule has 0 spiro atoms. The van der Waals surface area contributed by atoms with Gasteiger partial charge in [-0.1, -0.05) is 6.07 Å². The maximum atomic E-state index is 12.6. The molecular formula is C21H30N6O. The molecule has 7 heteroatoms. The third-order valence-corrected chi connectivity index (χ3v) is 5.12. The van der Waals surface area contributed by atoms with Crippen LogP contribution in [0.3, 0.4) is 0 Å². The first-order chi connectivity index (χ1) is 13.4. The maximum Gasteiger partial charge on any atom is 0.251 e. The summed E-state index contributed by atoms with van der Waals surface area (Å²) in [7, 11) is 7.88. The molecule has 0 bridgehead atoms. The number of carbonyl (C=O) groups excluding carboxylic acids is 1. The predicted molar refractivity (Wildman–Crippen MR) is 114 cm³/mol. The van der Waals surface area contributed by atoms with E-state index in [4.69, 9.17) is 0 Å². The molecule has 28 heavy (non-hydrogen) atoms. The molecule has 1 aliphatic rings. The number of nitrogens with zero attached hydrogens (tertiary/aromatic N) is 4. The zero-order chi connectivity index (χ0) is 20.1. The third kappa shape index (κ3) is 5.12. The number of nitrogens with one attached hydrogen (secondary N) is 2. The van der Waals surface area contributed by atoms with Crippen molar-refractivity contribution < 1.29 is 4.79 Å². The van der Waals surface area contributed by atoms with Crippen molar-refractivity contribution in [3.63, 3.8) is 0 Å². The predicted octanol–water partition coefficient (Wildman–Crippen LogP) is 2.76. The van der Waals surface area contributed by atoms with Crippen LogP contribution in [-0.4, -0.2) is 56.1 Å². The molecule has 0 unspecified atom stereocenters. The van der Waals surface area contributed by atoms with Crippen LogP contribution in [0.15, 0.2) is 36.5 Å². The minimum atomic E-state index is 0.00197. The van der Waals surface area contributed by atoms with E-state index in [1.165, 1.54) is 0 Å². The fourth-order valence-electron chi connectivity index (χ4n) is 3.43. The SMILES string of the molecule is CN(C)c1cccc(C(=O)N[C@H]2CC[C@@H](Nc3nccc(N(C)C)n3)CC2)c1. The number of hydrogen-bond acceptors (Lipinski definition) is 6. The molecule has 7 nitrogen and oxygen atoms in total. The molecule has 3 rings (SSSR count). The second-order valence-electron chi connectivity index (χ2n) is 7.74. The summed E-state index contributed by atoms with van der Waals surface area (Å²) < 4.78 is 0. The molecule has 0 aliphatic heterocycles. The van der Waals surface area contributed by atoms with Gasteiger partial charge in [0.25, 0.3) is 5.91 Å². The van der Waals surface area contributed by atoms with Crippen molar-refractivity contribution in [2.75, 3.05) is 43.3 Å². The van der Waals surface area contributed by atoms with Gasteiger partial charge in [-0.05, 0) is 49.9 Å². The number of aromatic nitrogens is 2. The average molecular weight is 383 g/mol. The van der Waals surface area contributed by atoms with E-state index in [1.54, 1.807) is 6.20 Å². The molecule has 1 aromatic heterocycles. The van der Waals surface area contributed by atoms with Crippen LogP contribution in [0.2, 0.25) is 0 Å². The monoisotopic (exact) mass is 382 g/mol. The van der Waals surface area contributed by atoms with Gasteiger partial charge in [0.2, 0.25) is 5.95 Å². The molecule has 2 N–H and O–H groups in total. The van der Waals surface area contributed by atoms with Crippen molar-refractivity contribution in [2.24, 2.45) is 0 Å². The van der Waals surface area contributed by atoms with Gasteiger partial charge in [-0.25, -0.2) is 4.98 Å². The van der Waals surface area contributed by atoms with Crippen LogP contribution in [0.4, 0.5) is 17.5 Å². The molecule has 1 fully saturated rings. The lowest BCUT2D eigenvalue weighted by molar-refractivity contribution is 0.0926. The van der Waals surface area contributed by atoms with Crippen molar-refractivity contribution in [1.29, 1.82) is 0 Å². The molecule has 1 heterocycles. The van der Waals surface area contributed by atoms with Gasteiger partial charge in [0.1, 0.15) is 5.82 Å². The summed E-state index contributed by atoms with van der Waals surface area (Å²) in [5.41, 5.74) is 1.74. The molecule has 0 atom stereocenters. The topological polar surface area (TPSA) is 73.4 Å². The normalized spacial score (nSPS) is 19.0. The van der Waals surface area contributed by atoms with Gasteiger partial charge in [0.05, 0.1) is 0 Å². The highest BCUT2D eigenvalue weighted by Crippen LogP contribution is 2.22. The zero-order valence-corrected chi connectivity index (χ0v) is 17.1. The fraction of sp³-hybridized carbons (Fsp3) is 0.476. The molecule has 1 saturated carbocycles. The Balaban J connectivity index is 1.51. The Morgan fingerprint density at radius 2 is 1.71 bits per heavy atom. The van der Waals surface area contributed by atoms with Gasteiger partial charge in [-0.3, -0.25) is 4.79 Å². The number of rotatable bonds is 6. The molecule has 1 aromatic carbocycles. The van der Waals surface area contributed by atoms with Crippen LogP contribution in [0.1, 0.15) is 36.0 Å². The highest BCUT2D eigenvalue weighted by Gasteiger charge is 2.23. The van der Waals surface area contributed by atoms with Crippen molar-refractivity contribution >= 4 is 23.4 Å². The highest BCUT2D eigenvalue weighted by molar-refractivity contribution is 5.95. The quantitative estimate of drug-likeness (QED) is 0.800. The Labute approximate surface area is 167 Å². The number of hydrogen-bond donors (Lipinski definition) is 2. The first kappa shape index (κ1) is 19.9.